The van der Waals surface area contributed by atoms with Gasteiger partial charge in [0.15, 0.2) is 0 Å². The van der Waals surface area contributed by atoms with Crippen LogP contribution in [0.25, 0.3) is 21.8 Å². The molecule has 2 aromatic carbocycles. The molecule has 0 saturated carbocycles. The second kappa shape index (κ2) is 3.60. The quantitative estimate of drug-likeness (QED) is 0.681. The molecule has 3 nitrogen and oxygen atoms in total. The van der Waals surface area contributed by atoms with Crippen molar-refractivity contribution in [1.82, 2.24) is 4.98 Å². The SMILES string of the molecule is Cc1ccc(C)c2c1[nH]c1ccc(C(=O)O)cc12. The first-order valence-electron chi connectivity index (χ1n) is 5.83. The third kappa shape index (κ3) is 1.40. The number of fused-ring (bicyclic) bond motifs is 3. The molecule has 0 atom stereocenters. The lowest BCUT2D eigenvalue weighted by molar-refractivity contribution is 0.0697. The van der Waals surface area contributed by atoms with Gasteiger partial charge in [-0.1, -0.05) is 12.1 Å². The number of aromatic amines is 1. The van der Waals surface area contributed by atoms with Gasteiger partial charge in [-0.3, -0.25) is 0 Å². The molecule has 0 fully saturated rings. The molecule has 3 rings (SSSR count). The van der Waals surface area contributed by atoms with Crippen molar-refractivity contribution in [3.8, 4) is 0 Å². The van der Waals surface area contributed by atoms with Crippen LogP contribution in [0.4, 0.5) is 0 Å². The molecule has 3 heteroatoms. The van der Waals surface area contributed by atoms with Crippen LogP contribution in [0.15, 0.2) is 30.3 Å². The zero-order valence-corrected chi connectivity index (χ0v) is 10.2. The van der Waals surface area contributed by atoms with Gasteiger partial charge in [-0.15, -0.1) is 0 Å². The van der Waals surface area contributed by atoms with Gasteiger partial charge in [0.1, 0.15) is 0 Å². The average molecular weight is 239 g/mol. The van der Waals surface area contributed by atoms with E-state index in [1.807, 2.05) is 13.0 Å². The Morgan fingerprint density at radius 2 is 1.83 bits per heavy atom. The third-order valence-corrected chi connectivity index (χ3v) is 3.42. The molecule has 0 aliphatic heterocycles. The van der Waals surface area contributed by atoms with Crippen molar-refractivity contribution in [1.29, 1.82) is 0 Å². The van der Waals surface area contributed by atoms with Crippen LogP contribution in [0.3, 0.4) is 0 Å². The summed E-state index contributed by atoms with van der Waals surface area (Å²) in [7, 11) is 0. The number of benzene rings is 2. The molecule has 0 aliphatic carbocycles. The number of aromatic carboxylic acids is 1. The Balaban J connectivity index is 2.51. The number of aromatic nitrogens is 1. The molecule has 3 aromatic rings. The molecule has 18 heavy (non-hydrogen) atoms. The molecule has 0 aliphatic rings. The number of nitrogens with one attached hydrogen (secondary N) is 1. The van der Waals surface area contributed by atoms with E-state index in [0.29, 0.717) is 5.56 Å². The number of aryl methyl sites for hydroxylation is 2. The van der Waals surface area contributed by atoms with Crippen LogP contribution in [0.2, 0.25) is 0 Å². The molecule has 0 radical (unpaired) electrons. The summed E-state index contributed by atoms with van der Waals surface area (Å²) in [6, 6.07) is 9.34. The lowest BCUT2D eigenvalue weighted by Crippen LogP contribution is -1.94. The molecule has 0 amide bonds. The molecule has 2 N–H and O–H groups in total. The maximum atomic E-state index is 11.0. The minimum Gasteiger partial charge on any atom is -0.478 e. The van der Waals surface area contributed by atoms with Gasteiger partial charge in [0.2, 0.25) is 0 Å². The lowest BCUT2D eigenvalue weighted by Gasteiger charge is -2.00. The standard InChI is InChI=1S/C15H13NO2/c1-8-3-4-9(2)14-13(8)11-7-10(15(17)18)5-6-12(11)16-14/h3-7,16H,1-2H3,(H,17,18). The van der Waals surface area contributed by atoms with E-state index in [1.54, 1.807) is 12.1 Å². The smallest absolute Gasteiger partial charge is 0.335 e. The van der Waals surface area contributed by atoms with Gasteiger partial charge in [0, 0.05) is 21.8 Å². The molecule has 0 bridgehead atoms. The zero-order valence-electron chi connectivity index (χ0n) is 10.2. The highest BCUT2D eigenvalue weighted by Gasteiger charge is 2.11. The Labute approximate surface area is 104 Å². The predicted molar refractivity (Wildman–Crippen MR) is 72.2 cm³/mol. The zero-order chi connectivity index (χ0) is 12.9. The Kier molecular flexibility index (Phi) is 2.17. The molecule has 90 valence electrons. The topological polar surface area (TPSA) is 53.1 Å². The van der Waals surface area contributed by atoms with Crippen LogP contribution in [0.5, 0.6) is 0 Å². The fraction of sp³-hybridized carbons (Fsp3) is 0.133. The maximum Gasteiger partial charge on any atom is 0.335 e. The molecular weight excluding hydrogens is 226 g/mol. The maximum absolute atomic E-state index is 11.0. The first kappa shape index (κ1) is 10.8. The van der Waals surface area contributed by atoms with Gasteiger partial charge >= 0.3 is 5.97 Å². The number of hydrogen-bond donors (Lipinski definition) is 2. The summed E-state index contributed by atoms with van der Waals surface area (Å²) in [6.45, 7) is 4.09. The van der Waals surface area contributed by atoms with E-state index < -0.39 is 5.97 Å². The molecular formula is C15H13NO2. The summed E-state index contributed by atoms with van der Waals surface area (Å²) < 4.78 is 0. The van der Waals surface area contributed by atoms with E-state index in [1.165, 1.54) is 5.56 Å². The summed E-state index contributed by atoms with van der Waals surface area (Å²) in [5.74, 6) is -0.892. The normalized spacial score (nSPS) is 11.2. The third-order valence-electron chi connectivity index (χ3n) is 3.42. The number of carboxylic acids is 1. The van der Waals surface area contributed by atoms with Crippen LogP contribution >= 0.6 is 0 Å². The first-order valence-corrected chi connectivity index (χ1v) is 5.83. The van der Waals surface area contributed by atoms with E-state index in [-0.39, 0.29) is 0 Å². The summed E-state index contributed by atoms with van der Waals surface area (Å²) in [6.07, 6.45) is 0. The van der Waals surface area contributed by atoms with Crippen molar-refractivity contribution in [3.63, 3.8) is 0 Å². The monoisotopic (exact) mass is 239 g/mol. The van der Waals surface area contributed by atoms with Gasteiger partial charge in [0.05, 0.1) is 5.56 Å². The van der Waals surface area contributed by atoms with Gasteiger partial charge < -0.3 is 10.1 Å². The Hall–Kier alpha value is -2.29. The van der Waals surface area contributed by atoms with Crippen LogP contribution in [0, 0.1) is 13.8 Å². The number of H-pyrrole nitrogens is 1. The van der Waals surface area contributed by atoms with E-state index in [9.17, 15) is 4.79 Å². The molecule has 1 aromatic heterocycles. The fourth-order valence-corrected chi connectivity index (χ4v) is 2.45. The van der Waals surface area contributed by atoms with Crippen molar-refractivity contribution in [2.75, 3.05) is 0 Å². The van der Waals surface area contributed by atoms with Crippen molar-refractivity contribution in [2.24, 2.45) is 0 Å². The summed E-state index contributed by atoms with van der Waals surface area (Å²) in [5, 5.41) is 11.2. The van der Waals surface area contributed by atoms with Gasteiger partial charge in [-0.2, -0.15) is 0 Å². The van der Waals surface area contributed by atoms with E-state index in [4.69, 9.17) is 5.11 Å². The summed E-state index contributed by atoms with van der Waals surface area (Å²) in [5.41, 5.74) is 4.72. The van der Waals surface area contributed by atoms with Gasteiger partial charge in [-0.25, -0.2) is 4.79 Å². The average Bonchev–Trinajstić information content (AvgIpc) is 2.73. The highest BCUT2D eigenvalue weighted by atomic mass is 16.4. The van der Waals surface area contributed by atoms with E-state index in [0.717, 1.165) is 27.4 Å². The highest BCUT2D eigenvalue weighted by Crippen LogP contribution is 2.30. The van der Waals surface area contributed by atoms with Crippen LogP contribution in [-0.2, 0) is 0 Å². The second-order valence-electron chi connectivity index (χ2n) is 4.64. The second-order valence-corrected chi connectivity index (χ2v) is 4.64. The largest absolute Gasteiger partial charge is 0.478 e. The summed E-state index contributed by atoms with van der Waals surface area (Å²) in [4.78, 5) is 14.4. The minimum absolute atomic E-state index is 0.323. The molecule has 1 heterocycles. The van der Waals surface area contributed by atoms with Crippen molar-refractivity contribution in [3.05, 3.63) is 47.0 Å². The Bertz CT molecular complexity index is 784. The number of rotatable bonds is 1. The number of hydrogen-bond acceptors (Lipinski definition) is 1. The molecule has 0 spiro atoms. The number of carbonyl (C=O) groups is 1. The predicted octanol–water partition coefficient (Wildman–Crippen LogP) is 3.64. The van der Waals surface area contributed by atoms with E-state index in [2.05, 4.69) is 24.0 Å². The van der Waals surface area contributed by atoms with Crippen LogP contribution in [-0.4, -0.2) is 16.1 Å². The lowest BCUT2D eigenvalue weighted by atomic mass is 10.0. The van der Waals surface area contributed by atoms with Crippen molar-refractivity contribution >= 4 is 27.8 Å². The number of carboxylic acid groups (broad SMARTS) is 1. The fourth-order valence-electron chi connectivity index (χ4n) is 2.45. The minimum atomic E-state index is -0.892. The van der Waals surface area contributed by atoms with Crippen molar-refractivity contribution in [2.45, 2.75) is 13.8 Å². The molecule has 0 saturated heterocycles. The Morgan fingerprint density at radius 3 is 2.56 bits per heavy atom. The van der Waals surface area contributed by atoms with Gasteiger partial charge in [-0.05, 0) is 43.2 Å². The highest BCUT2D eigenvalue weighted by molar-refractivity contribution is 6.11. The molecule has 0 unspecified atom stereocenters. The van der Waals surface area contributed by atoms with E-state index >= 15 is 0 Å². The van der Waals surface area contributed by atoms with Crippen molar-refractivity contribution < 1.29 is 9.90 Å². The van der Waals surface area contributed by atoms with Crippen LogP contribution < -0.4 is 0 Å². The summed E-state index contributed by atoms with van der Waals surface area (Å²) >= 11 is 0. The van der Waals surface area contributed by atoms with Crippen LogP contribution in [0.1, 0.15) is 21.5 Å². The Morgan fingerprint density at radius 1 is 1.11 bits per heavy atom. The first-order chi connectivity index (χ1) is 8.58. The van der Waals surface area contributed by atoms with Gasteiger partial charge in [0.25, 0.3) is 0 Å².